The highest BCUT2D eigenvalue weighted by atomic mass is 16.5. The van der Waals surface area contributed by atoms with E-state index in [0.717, 1.165) is 11.3 Å². The molecule has 1 aromatic heterocycles. The summed E-state index contributed by atoms with van der Waals surface area (Å²) in [6, 6.07) is 10.3. The van der Waals surface area contributed by atoms with Crippen molar-refractivity contribution < 1.29 is 14.3 Å². The van der Waals surface area contributed by atoms with Gasteiger partial charge in [0.1, 0.15) is 5.75 Å². The maximum Gasteiger partial charge on any atom is 0.254 e. The number of aryl methyl sites for hydroxylation is 1. The van der Waals surface area contributed by atoms with Gasteiger partial charge < -0.3 is 19.9 Å². The van der Waals surface area contributed by atoms with Crippen LogP contribution in [0.2, 0.25) is 0 Å². The second-order valence-electron chi connectivity index (χ2n) is 5.93. The van der Waals surface area contributed by atoms with E-state index < -0.39 is 0 Å². The summed E-state index contributed by atoms with van der Waals surface area (Å²) < 4.78 is 6.65. The fraction of sp³-hybridized carbons (Fsp3) is 0.316. The molecule has 1 heterocycles. The number of amides is 2. The van der Waals surface area contributed by atoms with E-state index in [1.165, 1.54) is 20.1 Å². The molecule has 0 saturated carbocycles. The lowest BCUT2D eigenvalue weighted by Crippen LogP contribution is -2.32. The molecule has 2 amide bonds. The number of hydrogen-bond acceptors (Lipinski definition) is 4. The lowest BCUT2D eigenvalue weighted by atomic mass is 10.1. The minimum absolute atomic E-state index is 0.128. The zero-order valence-corrected chi connectivity index (χ0v) is 15.2. The van der Waals surface area contributed by atoms with E-state index in [-0.39, 0.29) is 23.8 Å². The number of aromatic nitrogens is 1. The average molecular weight is 357 g/mol. The van der Waals surface area contributed by atoms with Crippen LogP contribution in [0, 0.1) is 6.92 Å². The van der Waals surface area contributed by atoms with Gasteiger partial charge in [0.05, 0.1) is 13.5 Å². The molecule has 0 unspecified atom stereocenters. The molecule has 7 nitrogen and oxygen atoms in total. The molecule has 0 atom stereocenters. The van der Waals surface area contributed by atoms with E-state index in [2.05, 4.69) is 10.6 Å². The lowest BCUT2D eigenvalue weighted by molar-refractivity contribution is -0.120. The van der Waals surface area contributed by atoms with Gasteiger partial charge >= 0.3 is 0 Å². The number of ether oxygens (including phenoxy) is 1. The van der Waals surface area contributed by atoms with Crippen LogP contribution in [0.5, 0.6) is 5.75 Å². The largest absolute Gasteiger partial charge is 0.496 e. The molecule has 2 N–H and O–H groups in total. The zero-order chi connectivity index (χ0) is 19.1. The van der Waals surface area contributed by atoms with Crippen molar-refractivity contribution in [3.63, 3.8) is 0 Å². The standard InChI is InChI=1S/C19H23N3O4/c1-13-10-17(26-3)12-19(25)22(13)9-8-20-18(24)11-15-4-6-16(7-5-15)21-14(2)23/h4-7,10,12H,8-9,11H2,1-3H3,(H,20,24)(H,21,23). The summed E-state index contributed by atoms with van der Waals surface area (Å²) in [7, 11) is 1.52. The topological polar surface area (TPSA) is 89.4 Å². The number of hydrogen-bond donors (Lipinski definition) is 2. The smallest absolute Gasteiger partial charge is 0.254 e. The minimum Gasteiger partial charge on any atom is -0.496 e. The summed E-state index contributed by atoms with van der Waals surface area (Å²) in [5.74, 6) is 0.256. The zero-order valence-electron chi connectivity index (χ0n) is 15.2. The van der Waals surface area contributed by atoms with Crippen molar-refractivity contribution in [2.75, 3.05) is 19.0 Å². The molecule has 7 heteroatoms. The molecule has 0 aliphatic heterocycles. The first-order chi connectivity index (χ1) is 12.4. The quantitative estimate of drug-likeness (QED) is 0.785. The van der Waals surface area contributed by atoms with Crippen molar-refractivity contribution in [2.45, 2.75) is 26.8 Å². The van der Waals surface area contributed by atoms with E-state index in [4.69, 9.17) is 4.74 Å². The van der Waals surface area contributed by atoms with Crippen LogP contribution in [-0.4, -0.2) is 30.0 Å². The first-order valence-corrected chi connectivity index (χ1v) is 8.27. The van der Waals surface area contributed by atoms with Crippen LogP contribution in [0.1, 0.15) is 18.2 Å². The van der Waals surface area contributed by atoms with Crippen molar-refractivity contribution in [3.05, 3.63) is 58.0 Å². The van der Waals surface area contributed by atoms with Gasteiger partial charge in [-0.25, -0.2) is 0 Å². The summed E-state index contributed by atoms with van der Waals surface area (Å²) >= 11 is 0. The molecule has 0 aliphatic carbocycles. The Morgan fingerprint density at radius 1 is 1.15 bits per heavy atom. The van der Waals surface area contributed by atoms with E-state index in [1.807, 2.05) is 6.92 Å². The predicted molar refractivity (Wildman–Crippen MR) is 99.5 cm³/mol. The molecule has 26 heavy (non-hydrogen) atoms. The van der Waals surface area contributed by atoms with Crippen LogP contribution in [-0.2, 0) is 22.6 Å². The number of rotatable bonds is 7. The summed E-state index contributed by atoms with van der Waals surface area (Å²) in [6.45, 7) is 4.01. The molecular weight excluding hydrogens is 334 g/mol. The lowest BCUT2D eigenvalue weighted by Gasteiger charge is -2.12. The normalized spacial score (nSPS) is 10.3. The Labute approximate surface area is 152 Å². The predicted octanol–water partition coefficient (Wildman–Crippen LogP) is 1.48. The Morgan fingerprint density at radius 2 is 1.85 bits per heavy atom. The molecule has 2 rings (SSSR count). The molecule has 0 bridgehead atoms. The highest BCUT2D eigenvalue weighted by molar-refractivity contribution is 5.88. The number of anilines is 1. The molecular formula is C19H23N3O4. The second-order valence-corrected chi connectivity index (χ2v) is 5.93. The Balaban J connectivity index is 1.86. The van der Waals surface area contributed by atoms with Crippen molar-refractivity contribution in [1.82, 2.24) is 9.88 Å². The Bertz CT molecular complexity index is 841. The van der Waals surface area contributed by atoms with Gasteiger partial charge in [-0.1, -0.05) is 12.1 Å². The third-order valence-corrected chi connectivity index (χ3v) is 3.84. The maximum absolute atomic E-state index is 12.0. The Hall–Kier alpha value is -3.09. The summed E-state index contributed by atoms with van der Waals surface area (Å²) in [5.41, 5.74) is 2.15. The highest BCUT2D eigenvalue weighted by Crippen LogP contribution is 2.10. The van der Waals surface area contributed by atoms with Crippen LogP contribution >= 0.6 is 0 Å². The molecule has 138 valence electrons. The number of carbonyl (C=O) groups is 2. The van der Waals surface area contributed by atoms with Crippen molar-refractivity contribution in [2.24, 2.45) is 0 Å². The molecule has 0 saturated heterocycles. The molecule has 0 spiro atoms. The van der Waals surface area contributed by atoms with Crippen molar-refractivity contribution in [1.29, 1.82) is 0 Å². The monoisotopic (exact) mass is 357 g/mol. The number of nitrogens with zero attached hydrogens (tertiary/aromatic N) is 1. The number of methoxy groups -OCH3 is 1. The van der Waals surface area contributed by atoms with Gasteiger partial charge in [-0.15, -0.1) is 0 Å². The fourth-order valence-electron chi connectivity index (χ4n) is 2.57. The van der Waals surface area contributed by atoms with Crippen LogP contribution in [0.4, 0.5) is 5.69 Å². The van der Waals surface area contributed by atoms with E-state index >= 15 is 0 Å². The SMILES string of the molecule is COc1cc(C)n(CCNC(=O)Cc2ccc(NC(C)=O)cc2)c(=O)c1. The number of pyridine rings is 1. The van der Waals surface area contributed by atoms with Gasteiger partial charge in [-0.2, -0.15) is 0 Å². The summed E-state index contributed by atoms with van der Waals surface area (Å²) in [4.78, 5) is 35.1. The molecule has 1 aromatic carbocycles. The number of nitrogens with one attached hydrogen (secondary N) is 2. The Morgan fingerprint density at radius 3 is 2.42 bits per heavy atom. The van der Waals surface area contributed by atoms with Gasteiger partial charge in [0.15, 0.2) is 0 Å². The van der Waals surface area contributed by atoms with E-state index in [0.29, 0.717) is 24.5 Å². The summed E-state index contributed by atoms with van der Waals surface area (Å²) in [5, 5.41) is 5.49. The van der Waals surface area contributed by atoms with Crippen LogP contribution in [0.3, 0.4) is 0 Å². The molecule has 2 aromatic rings. The van der Waals surface area contributed by atoms with E-state index in [9.17, 15) is 14.4 Å². The van der Waals surface area contributed by atoms with Crippen molar-refractivity contribution in [3.8, 4) is 5.75 Å². The average Bonchev–Trinajstić information content (AvgIpc) is 2.58. The van der Waals surface area contributed by atoms with Gasteiger partial charge in [0, 0.05) is 37.5 Å². The second kappa shape index (κ2) is 8.84. The van der Waals surface area contributed by atoms with Crippen LogP contribution < -0.4 is 20.9 Å². The molecule has 0 aliphatic rings. The fourth-order valence-corrected chi connectivity index (χ4v) is 2.57. The minimum atomic E-state index is -0.162. The first-order valence-electron chi connectivity index (χ1n) is 8.27. The first kappa shape index (κ1) is 19.2. The van der Waals surface area contributed by atoms with Crippen LogP contribution in [0.15, 0.2) is 41.2 Å². The van der Waals surface area contributed by atoms with Gasteiger partial charge in [-0.05, 0) is 30.7 Å². The Kier molecular flexibility index (Phi) is 6.54. The third-order valence-electron chi connectivity index (χ3n) is 3.84. The van der Waals surface area contributed by atoms with Gasteiger partial charge in [0.25, 0.3) is 5.56 Å². The van der Waals surface area contributed by atoms with Crippen molar-refractivity contribution >= 4 is 17.5 Å². The maximum atomic E-state index is 12.0. The number of carbonyl (C=O) groups excluding carboxylic acids is 2. The third kappa shape index (κ3) is 5.47. The van der Waals surface area contributed by atoms with Gasteiger partial charge in [-0.3, -0.25) is 14.4 Å². The van der Waals surface area contributed by atoms with Gasteiger partial charge in [0.2, 0.25) is 11.8 Å². The highest BCUT2D eigenvalue weighted by Gasteiger charge is 2.06. The summed E-state index contributed by atoms with van der Waals surface area (Å²) in [6.07, 6.45) is 0.233. The van der Waals surface area contributed by atoms with E-state index in [1.54, 1.807) is 34.9 Å². The van der Waals surface area contributed by atoms with Crippen LogP contribution in [0.25, 0.3) is 0 Å². The molecule has 0 fully saturated rings. The number of benzene rings is 1. The molecule has 0 radical (unpaired) electrons.